The van der Waals surface area contributed by atoms with Crippen LogP contribution in [0, 0.1) is 0 Å². The molecule has 5 aliphatic heterocycles. The molecule has 0 amide bonds. The predicted molar refractivity (Wildman–Crippen MR) is 235 cm³/mol. The van der Waals surface area contributed by atoms with E-state index in [-0.39, 0.29) is 37.7 Å². The molecule has 2 aromatic heterocycles. The second-order valence-electron chi connectivity index (χ2n) is 14.8. The zero-order chi connectivity index (χ0) is 41.9. The third-order valence-corrected chi connectivity index (χ3v) is 10.3. The summed E-state index contributed by atoms with van der Waals surface area (Å²) < 4.78 is 60.2. The van der Waals surface area contributed by atoms with Crippen molar-refractivity contribution < 1.29 is 94.8 Å². The van der Waals surface area contributed by atoms with Gasteiger partial charge < -0.3 is 46.9 Å². The fourth-order valence-electron chi connectivity index (χ4n) is 7.19. The number of aromatic nitrogens is 4. The molecule has 0 radical (unpaired) electrons. The molecule has 5 saturated heterocycles. The Morgan fingerprint density at radius 1 is 0.381 bits per heavy atom. The van der Waals surface area contributed by atoms with Crippen molar-refractivity contribution in [3.63, 3.8) is 0 Å². The SMILES string of the molecule is C1CCOC1.C1CCOC1.C1CCOC1.C1COCCOCCOCCO1.[Li+].[Li+].c1ccc(B2O[B@-](c3ccccc3)(n3ccc[nH+]3)O[B@-](c3ccccc3)(n3ccc[nH+]3)O2)cc1. The first kappa shape index (κ1) is 52.7. The summed E-state index contributed by atoms with van der Waals surface area (Å²) in [5.41, 5.74) is 2.66. The topological polar surface area (TPSA) is 130 Å². The molecule has 328 valence electrons. The van der Waals surface area contributed by atoms with Crippen molar-refractivity contribution in [1.29, 1.82) is 0 Å². The summed E-state index contributed by atoms with van der Waals surface area (Å²) >= 11 is 0. The van der Waals surface area contributed by atoms with Crippen molar-refractivity contribution in [2.45, 2.75) is 38.5 Å². The fraction of sp³-hybridized carbons (Fsp3) is 0.455. The van der Waals surface area contributed by atoms with Crippen LogP contribution in [0.15, 0.2) is 128 Å². The molecule has 5 aliphatic rings. The monoisotopic (exact) mass is 855 g/mol. The average Bonchev–Trinajstić information content (AvgIpc) is 4.19. The van der Waals surface area contributed by atoms with Gasteiger partial charge in [-0.15, -0.1) is 10.9 Å². The molecule has 2 atom stereocenters. The Labute approximate surface area is 397 Å². The number of H-pyrrole nitrogens is 2. The molecule has 0 spiro atoms. The van der Waals surface area contributed by atoms with Crippen LogP contribution in [0.5, 0.6) is 0 Å². The summed E-state index contributed by atoms with van der Waals surface area (Å²) in [5, 5.41) is 6.56. The summed E-state index contributed by atoms with van der Waals surface area (Å²) in [6.07, 6.45) is 15.2. The molecular weight excluding hydrogens is 791 g/mol. The van der Waals surface area contributed by atoms with Crippen LogP contribution in [0.2, 0.25) is 0 Å². The Bertz CT molecular complexity index is 1650. The normalized spacial score (nSPS) is 22.4. The van der Waals surface area contributed by atoms with E-state index in [1.54, 1.807) is 0 Å². The molecule has 0 unspecified atom stereocenters. The van der Waals surface area contributed by atoms with E-state index in [0.717, 1.165) is 56.0 Å². The van der Waals surface area contributed by atoms with Crippen LogP contribution in [-0.2, 0) is 46.9 Å². The number of rotatable bonds is 5. The van der Waals surface area contributed by atoms with Crippen molar-refractivity contribution in [2.75, 3.05) is 92.5 Å². The van der Waals surface area contributed by atoms with Gasteiger partial charge in [0.1, 0.15) is 0 Å². The molecule has 5 aromatic rings. The van der Waals surface area contributed by atoms with Gasteiger partial charge in [-0.25, -0.2) is 0 Å². The Morgan fingerprint density at radius 2 is 0.683 bits per heavy atom. The molecule has 2 N–H and O–H groups in total. The minimum Gasteiger partial charge on any atom is -0.726 e. The van der Waals surface area contributed by atoms with Crippen LogP contribution in [0.4, 0.5) is 0 Å². The van der Waals surface area contributed by atoms with Gasteiger partial charge in [0.15, 0.2) is 12.4 Å². The third kappa shape index (κ3) is 17.1. The van der Waals surface area contributed by atoms with Crippen LogP contribution in [0.3, 0.4) is 0 Å². The Balaban J connectivity index is 0.000000243. The van der Waals surface area contributed by atoms with Gasteiger partial charge >= 0.3 is 58.2 Å². The molecule has 14 nitrogen and oxygen atoms in total. The van der Waals surface area contributed by atoms with E-state index >= 15 is 0 Å². The molecule has 0 bridgehead atoms. The zero-order valence-corrected chi connectivity index (χ0v) is 37.5. The zero-order valence-electron chi connectivity index (χ0n) is 37.5. The molecule has 7 heterocycles. The quantitative estimate of drug-likeness (QED) is 0.168. The summed E-state index contributed by atoms with van der Waals surface area (Å²) in [5.74, 6) is 0. The molecule has 10 rings (SSSR count). The minimum absolute atomic E-state index is 0. The molecule has 63 heavy (non-hydrogen) atoms. The first-order valence-electron chi connectivity index (χ1n) is 21.9. The Hall–Kier alpha value is -2.93. The number of aromatic amines is 2. The molecule has 0 aliphatic carbocycles. The van der Waals surface area contributed by atoms with Gasteiger partial charge in [0.25, 0.3) is 0 Å². The number of hydrogen-bond donors (Lipinski definition) is 0. The van der Waals surface area contributed by atoms with Crippen molar-refractivity contribution in [2.24, 2.45) is 0 Å². The Morgan fingerprint density at radius 3 is 0.952 bits per heavy atom. The second-order valence-corrected chi connectivity index (χ2v) is 14.8. The van der Waals surface area contributed by atoms with Gasteiger partial charge in [0.2, 0.25) is 0 Å². The van der Waals surface area contributed by atoms with Crippen LogP contribution in [0.1, 0.15) is 38.5 Å². The smallest absolute Gasteiger partial charge is 0.726 e. The molecule has 19 heteroatoms. The maximum absolute atomic E-state index is 7.12. The summed E-state index contributed by atoms with van der Waals surface area (Å²) in [6.45, 7) is 6.61. The third-order valence-electron chi connectivity index (χ3n) is 10.3. The summed E-state index contributed by atoms with van der Waals surface area (Å²) in [6, 6.07) is 33.8. The van der Waals surface area contributed by atoms with E-state index in [1.807, 2.05) is 137 Å². The molecular formula is C44H63B3Li2N4O10+2. The first-order chi connectivity index (χ1) is 30.3. The predicted octanol–water partition coefficient (Wildman–Crippen LogP) is -3.07. The Kier molecular flexibility index (Phi) is 26.0. The van der Waals surface area contributed by atoms with Gasteiger partial charge in [-0.2, -0.15) is 10.2 Å². The first-order valence-corrected chi connectivity index (χ1v) is 21.9. The van der Waals surface area contributed by atoms with Crippen LogP contribution in [-0.4, -0.2) is 122 Å². The van der Waals surface area contributed by atoms with Gasteiger partial charge in [-0.05, 0) is 44.0 Å². The molecule has 5 fully saturated rings. The van der Waals surface area contributed by atoms with Crippen molar-refractivity contribution in [1.82, 2.24) is 9.19 Å². The maximum Gasteiger partial charge on any atom is 1.00 e. The van der Waals surface area contributed by atoms with Gasteiger partial charge in [0.05, 0.1) is 52.9 Å². The van der Waals surface area contributed by atoms with Gasteiger partial charge in [-0.1, -0.05) is 91.0 Å². The molecule has 0 saturated carbocycles. The fourth-order valence-corrected chi connectivity index (χ4v) is 7.19. The van der Waals surface area contributed by atoms with E-state index in [0.29, 0.717) is 52.9 Å². The van der Waals surface area contributed by atoms with E-state index in [1.165, 1.54) is 38.5 Å². The van der Waals surface area contributed by atoms with E-state index in [2.05, 4.69) is 10.2 Å². The van der Waals surface area contributed by atoms with E-state index < -0.39 is 20.5 Å². The second kappa shape index (κ2) is 31.1. The van der Waals surface area contributed by atoms with Crippen LogP contribution >= 0.6 is 0 Å². The summed E-state index contributed by atoms with van der Waals surface area (Å²) in [7, 11) is -0.707. The van der Waals surface area contributed by atoms with Gasteiger partial charge in [-0.3, -0.25) is 9.19 Å². The van der Waals surface area contributed by atoms with Crippen LogP contribution in [0.25, 0.3) is 0 Å². The number of hydrogen-bond acceptors (Lipinski definition) is 10. The van der Waals surface area contributed by atoms with Crippen LogP contribution < -0.4 is 64.3 Å². The largest absolute Gasteiger partial charge is 1.00 e. The van der Waals surface area contributed by atoms with Crippen molar-refractivity contribution in [3.05, 3.63) is 128 Å². The molecule has 3 aromatic carbocycles. The maximum atomic E-state index is 7.12. The minimum atomic E-state index is -2.26. The number of benzene rings is 3. The van der Waals surface area contributed by atoms with Gasteiger partial charge in [0, 0.05) is 64.2 Å². The number of nitrogens with zero attached hydrogens (tertiary/aromatic N) is 2. The average molecular weight is 854 g/mol. The van der Waals surface area contributed by atoms with E-state index in [4.69, 9.17) is 46.9 Å². The van der Waals surface area contributed by atoms with Crippen molar-refractivity contribution in [3.8, 4) is 0 Å². The standard InChI is InChI=1S/C24H21B3N4O3.C8H16O4.3C4H8O.2Li/c1-4-12-22(13-5-1)25-32-26(30-20-10-18-28-30,23-14-6-2-7-15-23)34-27(33-25,31-21-11-19-29-31)24-16-8-3-9-17-24;1-2-10-5-6-12-8-7-11-4-3-9-1;3*1-2-4-5-3-1;;/h1-21H;1-8H2;3*1-4H2;;/q-2;;;;;2*+1/p+2/t26-,27+;;;;;;. The summed E-state index contributed by atoms with van der Waals surface area (Å²) in [4.78, 5) is 0. The van der Waals surface area contributed by atoms with E-state index in [9.17, 15) is 0 Å². The van der Waals surface area contributed by atoms with Crippen molar-refractivity contribution >= 4 is 36.9 Å². The number of ether oxygens (including phenoxy) is 7. The number of nitrogens with one attached hydrogen (secondary N) is 2.